The van der Waals surface area contributed by atoms with Gasteiger partial charge >= 0.3 is 0 Å². The molecule has 3 rings (SSSR count). The average Bonchev–Trinajstić information content (AvgIpc) is 2.70. The molecule has 1 aliphatic heterocycles. The number of carbonyl (C=O) groups excluding carboxylic acids is 1. The minimum absolute atomic E-state index is 0.110. The van der Waals surface area contributed by atoms with Crippen LogP contribution in [-0.2, 0) is 17.9 Å². The van der Waals surface area contributed by atoms with Crippen molar-refractivity contribution in [3.8, 4) is 5.75 Å². The van der Waals surface area contributed by atoms with E-state index in [1.54, 1.807) is 0 Å². The van der Waals surface area contributed by atoms with Gasteiger partial charge in [0.25, 0.3) is 0 Å². The molecule has 144 valence electrons. The Balaban J connectivity index is 1.45. The van der Waals surface area contributed by atoms with Gasteiger partial charge in [-0.3, -0.25) is 9.69 Å². The lowest BCUT2D eigenvalue weighted by molar-refractivity contribution is -0.126. The van der Waals surface area contributed by atoms with Crippen LogP contribution in [0.3, 0.4) is 0 Å². The highest BCUT2D eigenvalue weighted by atomic mass is 16.5. The van der Waals surface area contributed by atoms with Crippen LogP contribution >= 0.6 is 0 Å². The maximum atomic E-state index is 12.6. The molecule has 1 saturated heterocycles. The average molecular weight is 367 g/mol. The summed E-state index contributed by atoms with van der Waals surface area (Å²) in [4.78, 5) is 15.0. The summed E-state index contributed by atoms with van der Waals surface area (Å²) in [5, 5.41) is 3.10. The Morgan fingerprint density at radius 3 is 2.52 bits per heavy atom. The van der Waals surface area contributed by atoms with Gasteiger partial charge in [-0.2, -0.15) is 0 Å². The van der Waals surface area contributed by atoms with Crippen molar-refractivity contribution in [1.82, 2.24) is 10.2 Å². The zero-order valence-corrected chi connectivity index (χ0v) is 16.4. The molecule has 0 radical (unpaired) electrons. The third-order valence-corrected chi connectivity index (χ3v) is 5.21. The first kappa shape index (κ1) is 19.4. The van der Waals surface area contributed by atoms with Crippen LogP contribution in [0.4, 0.5) is 0 Å². The minimum Gasteiger partial charge on any atom is -0.494 e. The van der Waals surface area contributed by atoms with Crippen LogP contribution in [0.5, 0.6) is 5.75 Å². The van der Waals surface area contributed by atoms with E-state index >= 15 is 0 Å². The number of piperidine rings is 1. The summed E-state index contributed by atoms with van der Waals surface area (Å²) in [5.74, 6) is 1.13. The fourth-order valence-electron chi connectivity index (χ4n) is 3.58. The van der Waals surface area contributed by atoms with E-state index in [1.165, 1.54) is 11.1 Å². The van der Waals surface area contributed by atoms with Gasteiger partial charge in [0.1, 0.15) is 5.75 Å². The maximum absolute atomic E-state index is 12.6. The van der Waals surface area contributed by atoms with E-state index < -0.39 is 0 Å². The van der Waals surface area contributed by atoms with E-state index in [4.69, 9.17) is 4.74 Å². The monoisotopic (exact) mass is 366 g/mol. The quantitative estimate of drug-likeness (QED) is 0.807. The topological polar surface area (TPSA) is 41.6 Å². The van der Waals surface area contributed by atoms with Crippen LogP contribution in [-0.4, -0.2) is 30.5 Å². The van der Waals surface area contributed by atoms with Crippen LogP contribution in [0.25, 0.3) is 0 Å². The summed E-state index contributed by atoms with van der Waals surface area (Å²) >= 11 is 0. The molecule has 0 atom stereocenters. The van der Waals surface area contributed by atoms with Crippen LogP contribution in [0.1, 0.15) is 36.5 Å². The maximum Gasteiger partial charge on any atom is 0.223 e. The second kappa shape index (κ2) is 9.56. The number of nitrogens with one attached hydrogen (secondary N) is 1. The molecule has 0 aromatic heterocycles. The number of hydrogen-bond acceptors (Lipinski definition) is 3. The Kier molecular flexibility index (Phi) is 6.88. The third kappa shape index (κ3) is 5.57. The van der Waals surface area contributed by atoms with Crippen molar-refractivity contribution in [2.45, 2.75) is 39.8 Å². The number of nitrogens with zero attached hydrogens (tertiary/aromatic N) is 1. The van der Waals surface area contributed by atoms with E-state index in [9.17, 15) is 4.79 Å². The molecule has 1 N–H and O–H groups in total. The van der Waals surface area contributed by atoms with Gasteiger partial charge in [0, 0.05) is 24.6 Å². The van der Waals surface area contributed by atoms with Crippen molar-refractivity contribution in [3.05, 3.63) is 65.2 Å². The normalized spacial score (nSPS) is 15.5. The fourth-order valence-corrected chi connectivity index (χ4v) is 3.58. The summed E-state index contributed by atoms with van der Waals surface area (Å²) in [6, 6.07) is 16.6. The minimum atomic E-state index is 0.110. The van der Waals surface area contributed by atoms with Gasteiger partial charge in [-0.15, -0.1) is 0 Å². The number of benzene rings is 2. The Labute approximate surface area is 162 Å². The van der Waals surface area contributed by atoms with E-state index in [0.29, 0.717) is 13.2 Å². The highest BCUT2D eigenvalue weighted by molar-refractivity contribution is 5.78. The summed E-state index contributed by atoms with van der Waals surface area (Å²) in [6.07, 6.45) is 1.84. The largest absolute Gasteiger partial charge is 0.494 e. The first-order valence-electron chi connectivity index (χ1n) is 9.92. The molecule has 27 heavy (non-hydrogen) atoms. The molecule has 1 aliphatic rings. The summed E-state index contributed by atoms with van der Waals surface area (Å²) in [7, 11) is 0. The smallest absolute Gasteiger partial charge is 0.223 e. The number of amides is 1. The number of ether oxygens (including phenoxy) is 1. The van der Waals surface area contributed by atoms with Crippen LogP contribution < -0.4 is 10.1 Å². The number of likely N-dealkylation sites (tertiary alicyclic amines) is 1. The number of hydrogen-bond donors (Lipinski definition) is 1. The van der Waals surface area contributed by atoms with E-state index in [1.807, 2.05) is 31.2 Å². The van der Waals surface area contributed by atoms with E-state index in [-0.39, 0.29) is 11.8 Å². The number of para-hydroxylation sites is 1. The predicted molar refractivity (Wildman–Crippen MR) is 109 cm³/mol. The van der Waals surface area contributed by atoms with Gasteiger partial charge in [-0.25, -0.2) is 0 Å². The molecule has 2 aromatic rings. The number of carbonyl (C=O) groups is 1. The van der Waals surface area contributed by atoms with E-state index in [2.05, 4.69) is 41.4 Å². The Morgan fingerprint density at radius 2 is 1.81 bits per heavy atom. The van der Waals surface area contributed by atoms with Crippen molar-refractivity contribution >= 4 is 5.91 Å². The molecule has 0 spiro atoms. The molecule has 0 bridgehead atoms. The molecule has 1 fully saturated rings. The molecule has 4 nitrogen and oxygen atoms in total. The van der Waals surface area contributed by atoms with Gasteiger partial charge in [0.2, 0.25) is 5.91 Å². The molecular formula is C23H30N2O2. The van der Waals surface area contributed by atoms with Crippen molar-refractivity contribution in [2.75, 3.05) is 19.7 Å². The van der Waals surface area contributed by atoms with Gasteiger partial charge in [-0.05, 0) is 51.4 Å². The predicted octanol–water partition coefficient (Wildman–Crippen LogP) is 3.92. The van der Waals surface area contributed by atoms with Crippen molar-refractivity contribution in [1.29, 1.82) is 0 Å². The van der Waals surface area contributed by atoms with Crippen LogP contribution in [0, 0.1) is 12.8 Å². The molecule has 4 heteroatoms. The zero-order chi connectivity index (χ0) is 19.1. The van der Waals surface area contributed by atoms with E-state index in [0.717, 1.165) is 43.8 Å². The zero-order valence-electron chi connectivity index (χ0n) is 16.4. The first-order chi connectivity index (χ1) is 13.2. The molecular weight excluding hydrogens is 336 g/mol. The Bertz CT molecular complexity index is 734. The lowest BCUT2D eigenvalue weighted by Crippen LogP contribution is -2.40. The second-order valence-corrected chi connectivity index (χ2v) is 7.29. The van der Waals surface area contributed by atoms with Gasteiger partial charge in [0.15, 0.2) is 0 Å². The lowest BCUT2D eigenvalue weighted by atomic mass is 9.95. The molecule has 0 saturated carbocycles. The Hall–Kier alpha value is -2.33. The van der Waals surface area contributed by atoms with Gasteiger partial charge in [0.05, 0.1) is 6.61 Å². The highest BCUT2D eigenvalue weighted by Crippen LogP contribution is 2.21. The first-order valence-corrected chi connectivity index (χ1v) is 9.92. The molecule has 1 amide bonds. The fraction of sp³-hybridized carbons (Fsp3) is 0.435. The Morgan fingerprint density at radius 1 is 1.11 bits per heavy atom. The second-order valence-electron chi connectivity index (χ2n) is 7.29. The SMILES string of the molecule is CCOc1ccccc1CNC(=O)C1CCN(Cc2ccc(C)cc2)CC1. The third-order valence-electron chi connectivity index (χ3n) is 5.21. The molecule has 2 aromatic carbocycles. The lowest BCUT2D eigenvalue weighted by Gasteiger charge is -2.31. The van der Waals surface area contributed by atoms with Crippen LogP contribution in [0.15, 0.2) is 48.5 Å². The molecule has 0 unspecified atom stereocenters. The van der Waals surface area contributed by atoms with Crippen molar-refractivity contribution in [3.63, 3.8) is 0 Å². The number of aryl methyl sites for hydroxylation is 1. The summed E-state index contributed by atoms with van der Waals surface area (Å²) < 4.78 is 5.63. The van der Waals surface area contributed by atoms with Crippen molar-refractivity contribution in [2.24, 2.45) is 5.92 Å². The van der Waals surface area contributed by atoms with Crippen LogP contribution in [0.2, 0.25) is 0 Å². The molecule has 1 heterocycles. The highest BCUT2D eigenvalue weighted by Gasteiger charge is 2.24. The molecule has 0 aliphatic carbocycles. The van der Waals surface area contributed by atoms with Gasteiger partial charge < -0.3 is 10.1 Å². The summed E-state index contributed by atoms with van der Waals surface area (Å²) in [6.45, 7) is 8.16. The number of rotatable bonds is 7. The standard InChI is InChI=1S/C23H30N2O2/c1-3-27-22-7-5-4-6-21(22)16-24-23(26)20-12-14-25(15-13-20)17-19-10-8-18(2)9-11-19/h4-11,20H,3,12-17H2,1-2H3,(H,24,26). The summed E-state index contributed by atoms with van der Waals surface area (Å²) in [5.41, 5.74) is 3.67. The van der Waals surface area contributed by atoms with Gasteiger partial charge in [-0.1, -0.05) is 48.0 Å². The van der Waals surface area contributed by atoms with Crippen molar-refractivity contribution < 1.29 is 9.53 Å².